The van der Waals surface area contributed by atoms with Crippen LogP contribution in [0.3, 0.4) is 0 Å². The Labute approximate surface area is 184 Å². The third kappa shape index (κ3) is 4.37. The van der Waals surface area contributed by atoms with Crippen LogP contribution in [0.2, 0.25) is 0 Å². The highest BCUT2D eigenvalue weighted by molar-refractivity contribution is 6.09. The first-order valence-corrected chi connectivity index (χ1v) is 10.0. The number of rotatable bonds is 6. The molecule has 2 aromatic rings. The maximum atomic E-state index is 12.9. The highest BCUT2D eigenvalue weighted by atomic mass is 16.4. The van der Waals surface area contributed by atoms with E-state index in [1.807, 2.05) is 0 Å². The lowest BCUT2D eigenvalue weighted by Crippen LogP contribution is -2.64. The molecule has 0 amide bonds. The maximum absolute atomic E-state index is 12.9. The number of benzene rings is 2. The third-order valence-corrected chi connectivity index (χ3v) is 5.68. The molecule has 1 aliphatic carbocycles. The van der Waals surface area contributed by atoms with Crippen LogP contribution < -0.4 is 0 Å². The topological polar surface area (TPSA) is 156 Å². The van der Waals surface area contributed by atoms with Gasteiger partial charge in [-0.2, -0.15) is 0 Å². The van der Waals surface area contributed by atoms with Gasteiger partial charge < -0.3 is 30.6 Å². The molecule has 0 aliphatic heterocycles. The van der Waals surface area contributed by atoms with Crippen molar-refractivity contribution < 1.29 is 40.2 Å². The zero-order valence-electron chi connectivity index (χ0n) is 17.1. The van der Waals surface area contributed by atoms with E-state index in [0.29, 0.717) is 24.0 Å². The highest BCUT2D eigenvalue weighted by Crippen LogP contribution is 2.40. The molecule has 1 aliphatic rings. The monoisotopic (exact) mass is 440 g/mol. The Morgan fingerprint density at radius 3 is 1.38 bits per heavy atom. The van der Waals surface area contributed by atoms with Gasteiger partial charge in [-0.15, -0.1) is 0 Å². The van der Waals surface area contributed by atoms with Gasteiger partial charge in [0.25, 0.3) is 0 Å². The van der Waals surface area contributed by atoms with Crippen LogP contribution in [-0.4, -0.2) is 53.4 Å². The molecule has 0 heterocycles. The fourth-order valence-electron chi connectivity index (χ4n) is 3.74. The van der Waals surface area contributed by atoms with E-state index in [2.05, 4.69) is 0 Å². The van der Waals surface area contributed by atoms with Crippen LogP contribution in [0.15, 0.2) is 48.6 Å². The fraction of sp³-hybridized carbons (Fsp3) is 0.250. The molecule has 8 nitrogen and oxygen atoms in total. The molecule has 0 aromatic heterocycles. The summed E-state index contributed by atoms with van der Waals surface area (Å²) in [7, 11) is 0. The largest absolute Gasteiger partial charge is 0.504 e. The van der Waals surface area contributed by atoms with Crippen molar-refractivity contribution in [2.75, 3.05) is 0 Å². The number of aromatic hydroxyl groups is 4. The maximum Gasteiger partial charge on any atom is 0.190 e. The first-order chi connectivity index (χ1) is 15.1. The van der Waals surface area contributed by atoms with E-state index in [9.17, 15) is 40.2 Å². The van der Waals surface area contributed by atoms with Gasteiger partial charge >= 0.3 is 0 Å². The number of carbonyl (C=O) groups excluding carboxylic acids is 2. The van der Waals surface area contributed by atoms with Crippen LogP contribution in [0.4, 0.5) is 0 Å². The summed E-state index contributed by atoms with van der Waals surface area (Å²) >= 11 is 0. The summed E-state index contributed by atoms with van der Waals surface area (Å²) in [5.74, 6) is -3.14. The van der Waals surface area contributed by atoms with Crippen LogP contribution in [0.5, 0.6) is 23.0 Å². The van der Waals surface area contributed by atoms with Crippen LogP contribution >= 0.6 is 0 Å². The first-order valence-electron chi connectivity index (χ1n) is 10.0. The van der Waals surface area contributed by atoms with E-state index >= 15 is 0 Å². The van der Waals surface area contributed by atoms with E-state index in [1.54, 1.807) is 0 Å². The molecule has 3 rings (SSSR count). The van der Waals surface area contributed by atoms with Gasteiger partial charge in [-0.3, -0.25) is 9.59 Å². The number of phenols is 4. The molecule has 2 atom stereocenters. The lowest BCUT2D eigenvalue weighted by molar-refractivity contribution is -0.186. The van der Waals surface area contributed by atoms with Gasteiger partial charge in [-0.25, -0.2) is 0 Å². The Kier molecular flexibility index (Phi) is 6.38. The lowest BCUT2D eigenvalue weighted by atomic mass is 9.67. The van der Waals surface area contributed by atoms with Crippen molar-refractivity contribution in [1.82, 2.24) is 0 Å². The highest BCUT2D eigenvalue weighted by Gasteiger charge is 2.58. The van der Waals surface area contributed by atoms with Gasteiger partial charge in [-0.05, 0) is 73.2 Å². The summed E-state index contributed by atoms with van der Waals surface area (Å²) in [6, 6.07) is 7.80. The Morgan fingerprint density at radius 2 is 1.03 bits per heavy atom. The first kappa shape index (κ1) is 23.1. The van der Waals surface area contributed by atoms with Crippen LogP contribution in [-0.2, 0) is 9.59 Å². The quantitative estimate of drug-likeness (QED) is 0.295. The minimum atomic E-state index is -2.35. The Bertz CT molecular complexity index is 1020. The van der Waals surface area contributed by atoms with E-state index < -0.39 is 22.8 Å². The van der Waals surface area contributed by atoms with Crippen LogP contribution in [0, 0.1) is 0 Å². The summed E-state index contributed by atoms with van der Waals surface area (Å²) in [4.78, 5) is 25.8. The minimum Gasteiger partial charge on any atom is -0.504 e. The van der Waals surface area contributed by atoms with Gasteiger partial charge in [0.1, 0.15) is 0 Å². The van der Waals surface area contributed by atoms with Crippen molar-refractivity contribution in [2.45, 2.75) is 36.9 Å². The number of hydrogen-bond acceptors (Lipinski definition) is 8. The predicted octanol–water partition coefficient (Wildman–Crippen LogP) is 2.41. The predicted molar refractivity (Wildman–Crippen MR) is 116 cm³/mol. The van der Waals surface area contributed by atoms with Gasteiger partial charge in [0.2, 0.25) is 0 Å². The standard InChI is InChI=1S/C24H24O8/c25-17-7-3-15(13-19(17)27)5-9-21(29)23(31)11-1-2-12-24(23,32)22(30)10-6-16-4-8-18(26)20(28)14-16/h3-10,13-14,25-28,31-32H,1-2,11-12H2/t23-,24-/m1/s1. The second-order valence-corrected chi connectivity index (χ2v) is 7.82. The summed E-state index contributed by atoms with van der Waals surface area (Å²) in [5.41, 5.74) is -3.96. The Hall–Kier alpha value is -3.62. The lowest BCUT2D eigenvalue weighted by Gasteiger charge is -2.43. The Morgan fingerprint density at radius 1 is 0.656 bits per heavy atom. The van der Waals surface area contributed by atoms with Gasteiger partial charge in [0.05, 0.1) is 0 Å². The van der Waals surface area contributed by atoms with Crippen LogP contribution in [0.25, 0.3) is 12.2 Å². The average Bonchev–Trinajstić information content (AvgIpc) is 2.77. The second kappa shape index (κ2) is 8.86. The van der Waals surface area contributed by atoms with Crippen molar-refractivity contribution in [3.63, 3.8) is 0 Å². The number of phenolic OH excluding ortho intramolecular Hbond substituents is 4. The molecule has 0 spiro atoms. The van der Waals surface area contributed by atoms with Gasteiger partial charge in [-0.1, -0.05) is 24.3 Å². The van der Waals surface area contributed by atoms with Crippen molar-refractivity contribution in [2.24, 2.45) is 0 Å². The van der Waals surface area contributed by atoms with E-state index in [-0.39, 0.29) is 35.8 Å². The zero-order chi connectivity index (χ0) is 23.5. The number of carbonyl (C=O) groups is 2. The number of hydrogen-bond donors (Lipinski definition) is 6. The molecule has 0 radical (unpaired) electrons. The third-order valence-electron chi connectivity index (χ3n) is 5.68. The molecule has 2 aromatic carbocycles. The molecular weight excluding hydrogens is 416 g/mol. The molecule has 8 heteroatoms. The van der Waals surface area contributed by atoms with Crippen molar-refractivity contribution in [3.05, 3.63) is 59.7 Å². The molecule has 168 valence electrons. The van der Waals surface area contributed by atoms with E-state index in [1.165, 1.54) is 48.6 Å². The smallest absolute Gasteiger partial charge is 0.190 e. The molecule has 1 fully saturated rings. The zero-order valence-corrected chi connectivity index (χ0v) is 17.1. The molecule has 6 N–H and O–H groups in total. The van der Waals surface area contributed by atoms with E-state index in [0.717, 1.165) is 12.2 Å². The molecular formula is C24H24O8. The molecule has 0 bridgehead atoms. The summed E-state index contributed by atoms with van der Waals surface area (Å²) in [6.07, 6.45) is 5.28. The SMILES string of the molecule is O=C(C=Cc1ccc(O)c(O)c1)[C@]1(O)CCCC[C@@]1(O)C(=O)C=Cc1ccc(O)c(O)c1. The van der Waals surface area contributed by atoms with Crippen molar-refractivity contribution in [1.29, 1.82) is 0 Å². The number of aliphatic hydroxyl groups is 2. The fourth-order valence-corrected chi connectivity index (χ4v) is 3.74. The van der Waals surface area contributed by atoms with Gasteiger partial charge in [0.15, 0.2) is 45.8 Å². The van der Waals surface area contributed by atoms with Crippen molar-refractivity contribution >= 4 is 23.7 Å². The number of ketones is 2. The summed E-state index contributed by atoms with van der Waals surface area (Å²) in [5, 5.41) is 60.1. The normalized spacial score (nSPS) is 23.6. The van der Waals surface area contributed by atoms with Crippen molar-refractivity contribution in [3.8, 4) is 23.0 Å². The molecule has 32 heavy (non-hydrogen) atoms. The molecule has 1 saturated carbocycles. The van der Waals surface area contributed by atoms with Gasteiger partial charge in [0, 0.05) is 0 Å². The second-order valence-electron chi connectivity index (χ2n) is 7.82. The summed E-state index contributed by atoms with van der Waals surface area (Å²) < 4.78 is 0. The average molecular weight is 440 g/mol. The summed E-state index contributed by atoms with van der Waals surface area (Å²) in [6.45, 7) is 0. The Balaban J connectivity index is 1.85. The molecule has 0 unspecified atom stereocenters. The van der Waals surface area contributed by atoms with Crippen LogP contribution in [0.1, 0.15) is 36.8 Å². The molecule has 0 saturated heterocycles. The minimum absolute atomic E-state index is 0.118. The van der Waals surface area contributed by atoms with E-state index in [4.69, 9.17) is 0 Å².